The van der Waals surface area contributed by atoms with Crippen molar-refractivity contribution < 1.29 is 9.59 Å². The summed E-state index contributed by atoms with van der Waals surface area (Å²) in [5.41, 5.74) is 0. The van der Waals surface area contributed by atoms with Crippen LogP contribution in [0.5, 0.6) is 0 Å². The van der Waals surface area contributed by atoms with Crippen molar-refractivity contribution in [2.45, 2.75) is 39.3 Å². The van der Waals surface area contributed by atoms with Crippen LogP contribution in [0.15, 0.2) is 0 Å². The van der Waals surface area contributed by atoms with Gasteiger partial charge in [-0.1, -0.05) is 0 Å². The van der Waals surface area contributed by atoms with Gasteiger partial charge in [0.05, 0.1) is 5.92 Å². The molecule has 0 spiro atoms. The summed E-state index contributed by atoms with van der Waals surface area (Å²) in [5, 5.41) is 6.03. The van der Waals surface area contributed by atoms with Crippen molar-refractivity contribution in [1.82, 2.24) is 15.5 Å². The number of nitrogens with one attached hydrogen (secondary N) is 2. The van der Waals surface area contributed by atoms with Crippen molar-refractivity contribution in [2.75, 3.05) is 20.1 Å². The van der Waals surface area contributed by atoms with E-state index in [0.717, 1.165) is 13.0 Å². The van der Waals surface area contributed by atoms with Gasteiger partial charge < -0.3 is 15.5 Å². The van der Waals surface area contributed by atoms with Gasteiger partial charge in [0.25, 0.3) is 0 Å². The van der Waals surface area contributed by atoms with Crippen molar-refractivity contribution in [3.05, 3.63) is 0 Å². The van der Waals surface area contributed by atoms with E-state index in [1.54, 1.807) is 18.9 Å². The lowest BCUT2D eigenvalue weighted by Crippen LogP contribution is -2.48. The Labute approximate surface area is 103 Å². The Morgan fingerprint density at radius 3 is 2.65 bits per heavy atom. The SMILES string of the molecule is CCN(C)C(=O)C(C)NC(=O)C1CCNC1C. The molecule has 1 aliphatic heterocycles. The lowest BCUT2D eigenvalue weighted by molar-refractivity contribution is -0.135. The Bertz CT molecular complexity index is 293. The molecule has 1 aliphatic rings. The molecule has 3 unspecified atom stereocenters. The van der Waals surface area contributed by atoms with Crippen molar-refractivity contribution in [2.24, 2.45) is 5.92 Å². The zero-order chi connectivity index (χ0) is 13.0. The standard InChI is InChI=1S/C12H23N3O2/c1-5-15(4)12(17)9(3)14-11(16)10-6-7-13-8(10)2/h8-10,13H,5-7H2,1-4H3,(H,14,16). The van der Waals surface area contributed by atoms with E-state index in [-0.39, 0.29) is 23.8 Å². The van der Waals surface area contributed by atoms with Crippen LogP contribution in [0.1, 0.15) is 27.2 Å². The highest BCUT2D eigenvalue weighted by Gasteiger charge is 2.31. The maximum atomic E-state index is 12.0. The number of amides is 2. The third-order valence-electron chi connectivity index (χ3n) is 3.44. The predicted octanol–water partition coefficient (Wildman–Crippen LogP) is -0.0326. The number of rotatable bonds is 4. The van der Waals surface area contributed by atoms with Gasteiger partial charge in [-0.2, -0.15) is 0 Å². The second kappa shape index (κ2) is 6.00. The maximum absolute atomic E-state index is 12.0. The largest absolute Gasteiger partial charge is 0.344 e. The summed E-state index contributed by atoms with van der Waals surface area (Å²) < 4.78 is 0. The Hall–Kier alpha value is -1.10. The highest BCUT2D eigenvalue weighted by Crippen LogP contribution is 2.15. The Morgan fingerprint density at radius 2 is 2.18 bits per heavy atom. The summed E-state index contributed by atoms with van der Waals surface area (Å²) in [4.78, 5) is 25.4. The molecule has 1 fully saturated rings. The molecule has 17 heavy (non-hydrogen) atoms. The van der Waals surface area contributed by atoms with E-state index in [9.17, 15) is 9.59 Å². The van der Waals surface area contributed by atoms with Gasteiger partial charge in [-0.25, -0.2) is 0 Å². The van der Waals surface area contributed by atoms with Crippen LogP contribution in [0.4, 0.5) is 0 Å². The van der Waals surface area contributed by atoms with Crippen LogP contribution in [0.3, 0.4) is 0 Å². The van der Waals surface area contributed by atoms with Crippen LogP contribution in [0.25, 0.3) is 0 Å². The summed E-state index contributed by atoms with van der Waals surface area (Å²) in [7, 11) is 1.74. The summed E-state index contributed by atoms with van der Waals surface area (Å²) >= 11 is 0. The summed E-state index contributed by atoms with van der Waals surface area (Å²) in [5.74, 6) is -0.0792. The number of carbonyl (C=O) groups is 2. The van der Waals surface area contributed by atoms with Gasteiger partial charge in [-0.05, 0) is 33.7 Å². The molecule has 1 rings (SSSR count). The van der Waals surface area contributed by atoms with Gasteiger partial charge in [0, 0.05) is 19.6 Å². The van der Waals surface area contributed by atoms with E-state index in [1.165, 1.54) is 0 Å². The minimum absolute atomic E-state index is 0.0165. The van der Waals surface area contributed by atoms with Gasteiger partial charge >= 0.3 is 0 Å². The second-order valence-electron chi connectivity index (χ2n) is 4.72. The molecular weight excluding hydrogens is 218 g/mol. The predicted molar refractivity (Wildman–Crippen MR) is 66.5 cm³/mol. The third-order valence-corrected chi connectivity index (χ3v) is 3.44. The number of nitrogens with zero attached hydrogens (tertiary/aromatic N) is 1. The number of hydrogen-bond donors (Lipinski definition) is 2. The lowest BCUT2D eigenvalue weighted by Gasteiger charge is -2.22. The van der Waals surface area contributed by atoms with Crippen LogP contribution in [0, 0.1) is 5.92 Å². The summed E-state index contributed by atoms with van der Waals surface area (Å²) in [6, 6.07) is -0.249. The molecule has 0 aromatic rings. The molecule has 0 aromatic heterocycles. The van der Waals surface area contributed by atoms with E-state index < -0.39 is 6.04 Å². The van der Waals surface area contributed by atoms with E-state index in [0.29, 0.717) is 6.54 Å². The van der Waals surface area contributed by atoms with Gasteiger partial charge in [-0.15, -0.1) is 0 Å². The Balaban J connectivity index is 2.48. The number of hydrogen-bond acceptors (Lipinski definition) is 3. The molecule has 0 aliphatic carbocycles. The molecule has 0 saturated carbocycles. The molecule has 5 heteroatoms. The first-order valence-corrected chi connectivity index (χ1v) is 6.26. The molecule has 5 nitrogen and oxygen atoms in total. The van der Waals surface area contributed by atoms with Gasteiger partial charge in [-0.3, -0.25) is 9.59 Å². The molecule has 3 atom stereocenters. The van der Waals surface area contributed by atoms with Crippen molar-refractivity contribution in [3.63, 3.8) is 0 Å². The average Bonchev–Trinajstić information content (AvgIpc) is 2.73. The molecular formula is C12H23N3O2. The Morgan fingerprint density at radius 1 is 1.53 bits per heavy atom. The molecule has 0 bridgehead atoms. The minimum Gasteiger partial charge on any atom is -0.344 e. The summed E-state index contributed by atoms with van der Waals surface area (Å²) in [6.07, 6.45) is 0.845. The van der Waals surface area contributed by atoms with Gasteiger partial charge in [0.15, 0.2) is 0 Å². The highest BCUT2D eigenvalue weighted by molar-refractivity contribution is 5.88. The Kier molecular flexibility index (Phi) is 4.93. The smallest absolute Gasteiger partial charge is 0.244 e. The molecule has 0 aromatic carbocycles. The van der Waals surface area contributed by atoms with E-state index in [2.05, 4.69) is 10.6 Å². The lowest BCUT2D eigenvalue weighted by atomic mass is 10.0. The number of likely N-dealkylation sites (N-methyl/N-ethyl adjacent to an activating group) is 1. The molecule has 2 amide bonds. The fourth-order valence-corrected chi connectivity index (χ4v) is 2.09. The topological polar surface area (TPSA) is 61.4 Å². The van der Waals surface area contributed by atoms with Crippen LogP contribution >= 0.6 is 0 Å². The average molecular weight is 241 g/mol. The van der Waals surface area contributed by atoms with E-state index in [4.69, 9.17) is 0 Å². The van der Waals surface area contributed by atoms with Crippen LogP contribution in [-0.2, 0) is 9.59 Å². The van der Waals surface area contributed by atoms with E-state index >= 15 is 0 Å². The summed E-state index contributed by atoms with van der Waals surface area (Å²) in [6.45, 7) is 7.17. The fourth-order valence-electron chi connectivity index (χ4n) is 2.09. The van der Waals surface area contributed by atoms with Gasteiger partial charge in [0.1, 0.15) is 6.04 Å². The zero-order valence-electron chi connectivity index (χ0n) is 11.1. The van der Waals surface area contributed by atoms with Crippen LogP contribution < -0.4 is 10.6 Å². The maximum Gasteiger partial charge on any atom is 0.244 e. The van der Waals surface area contributed by atoms with Crippen LogP contribution in [-0.4, -0.2) is 48.9 Å². The molecule has 0 radical (unpaired) electrons. The van der Waals surface area contributed by atoms with Crippen molar-refractivity contribution >= 4 is 11.8 Å². The first-order chi connectivity index (χ1) is 7.97. The molecule has 1 heterocycles. The fraction of sp³-hybridized carbons (Fsp3) is 0.833. The monoisotopic (exact) mass is 241 g/mol. The molecule has 2 N–H and O–H groups in total. The van der Waals surface area contributed by atoms with E-state index in [1.807, 2.05) is 13.8 Å². The number of carbonyl (C=O) groups excluding carboxylic acids is 2. The zero-order valence-corrected chi connectivity index (χ0v) is 11.1. The van der Waals surface area contributed by atoms with Gasteiger partial charge in [0.2, 0.25) is 11.8 Å². The second-order valence-corrected chi connectivity index (χ2v) is 4.72. The normalized spacial score (nSPS) is 25.4. The molecule has 98 valence electrons. The highest BCUT2D eigenvalue weighted by atomic mass is 16.2. The third kappa shape index (κ3) is 3.43. The first-order valence-electron chi connectivity index (χ1n) is 6.26. The quantitative estimate of drug-likeness (QED) is 0.726. The van der Waals surface area contributed by atoms with Crippen LogP contribution in [0.2, 0.25) is 0 Å². The van der Waals surface area contributed by atoms with Crippen molar-refractivity contribution in [3.8, 4) is 0 Å². The molecule has 1 saturated heterocycles. The minimum atomic E-state index is -0.444. The van der Waals surface area contributed by atoms with Crippen molar-refractivity contribution in [1.29, 1.82) is 0 Å². The first kappa shape index (κ1) is 14.0.